The Morgan fingerprint density at radius 3 is 2.38 bits per heavy atom. The van der Waals surface area contributed by atoms with Crippen molar-refractivity contribution in [1.29, 1.82) is 0 Å². The van der Waals surface area contributed by atoms with Crippen LogP contribution in [0.15, 0.2) is 41.1 Å². The summed E-state index contributed by atoms with van der Waals surface area (Å²) >= 11 is 0. The number of sulfone groups is 1. The smallest absolute Gasteiger partial charge is 0.184 e. The van der Waals surface area contributed by atoms with Crippen molar-refractivity contribution < 1.29 is 17.2 Å². The number of halogens is 2. The molecule has 0 heterocycles. The van der Waals surface area contributed by atoms with E-state index in [0.29, 0.717) is 0 Å². The molecule has 0 radical (unpaired) electrons. The average molecular weight is 247 g/mol. The van der Waals surface area contributed by atoms with Crippen molar-refractivity contribution >= 4 is 9.84 Å². The van der Waals surface area contributed by atoms with Gasteiger partial charge in [0.1, 0.15) is 17.4 Å². The maximum atomic E-state index is 13.0. The van der Waals surface area contributed by atoms with E-state index in [0.717, 1.165) is 30.3 Å². The summed E-state index contributed by atoms with van der Waals surface area (Å²) in [7, 11) is -3.76. The van der Waals surface area contributed by atoms with Gasteiger partial charge in [-0.05, 0) is 30.3 Å². The van der Waals surface area contributed by atoms with Crippen LogP contribution in [0.25, 0.3) is 0 Å². The van der Waals surface area contributed by atoms with Gasteiger partial charge in [0.2, 0.25) is 0 Å². The molecule has 0 aromatic heterocycles. The second kappa shape index (κ2) is 5.18. The lowest BCUT2D eigenvalue weighted by molar-refractivity contribution is 0.582. The van der Waals surface area contributed by atoms with Gasteiger partial charge in [0.15, 0.2) is 9.84 Å². The van der Waals surface area contributed by atoms with Crippen LogP contribution in [0, 0.1) is 5.82 Å². The average Bonchev–Trinajstić information content (AvgIpc) is 2.17. The Morgan fingerprint density at radius 1 is 1.31 bits per heavy atom. The molecule has 1 rings (SSSR count). The number of hydrogen-bond donors (Lipinski definition) is 1. The predicted molar refractivity (Wildman–Crippen MR) is 56.7 cm³/mol. The zero-order valence-electron chi connectivity index (χ0n) is 8.36. The Bertz CT molecular complexity index is 480. The minimum Gasteiger partial charge on any atom is -0.327 e. The molecule has 0 bridgehead atoms. The Morgan fingerprint density at radius 2 is 1.88 bits per heavy atom. The second-order valence-corrected chi connectivity index (χ2v) is 5.09. The lowest BCUT2D eigenvalue weighted by atomic mass is 10.4. The van der Waals surface area contributed by atoms with Gasteiger partial charge in [-0.25, -0.2) is 17.2 Å². The van der Waals surface area contributed by atoms with Crippen molar-refractivity contribution in [2.75, 3.05) is 12.3 Å². The fourth-order valence-corrected chi connectivity index (χ4v) is 2.29. The molecule has 0 aliphatic heterocycles. The van der Waals surface area contributed by atoms with Crippen LogP contribution >= 0.6 is 0 Å². The number of hydrogen-bond acceptors (Lipinski definition) is 3. The fourth-order valence-electron chi connectivity index (χ4n) is 1.09. The molecule has 88 valence electrons. The lowest BCUT2D eigenvalue weighted by Gasteiger charge is -2.02. The predicted octanol–water partition coefficient (Wildman–Crippen LogP) is 1.41. The van der Waals surface area contributed by atoms with Gasteiger partial charge < -0.3 is 5.73 Å². The maximum Gasteiger partial charge on any atom is 0.184 e. The highest BCUT2D eigenvalue weighted by atomic mass is 32.2. The summed E-state index contributed by atoms with van der Waals surface area (Å²) in [6.07, 6.45) is 0.987. The molecule has 0 amide bonds. The first-order chi connectivity index (χ1) is 7.45. The van der Waals surface area contributed by atoms with E-state index in [2.05, 4.69) is 0 Å². The molecular formula is C10H11F2NO2S. The lowest BCUT2D eigenvalue weighted by Crippen LogP contribution is -2.08. The third kappa shape index (κ3) is 3.39. The molecule has 16 heavy (non-hydrogen) atoms. The van der Waals surface area contributed by atoms with Gasteiger partial charge in [0.05, 0.1) is 4.90 Å². The fraction of sp³-hybridized carbons (Fsp3) is 0.200. The van der Waals surface area contributed by atoms with Crippen LogP contribution in [0.5, 0.6) is 0 Å². The van der Waals surface area contributed by atoms with Crippen molar-refractivity contribution in [2.24, 2.45) is 5.73 Å². The van der Waals surface area contributed by atoms with Gasteiger partial charge in [-0.15, -0.1) is 0 Å². The van der Waals surface area contributed by atoms with Gasteiger partial charge in [0.25, 0.3) is 0 Å². The molecule has 1 aromatic rings. The quantitative estimate of drug-likeness (QED) is 0.818. The van der Waals surface area contributed by atoms with Gasteiger partial charge >= 0.3 is 0 Å². The number of rotatable bonds is 4. The van der Waals surface area contributed by atoms with Gasteiger partial charge in [-0.1, -0.05) is 0 Å². The Balaban J connectivity index is 2.95. The van der Waals surface area contributed by atoms with Crippen LogP contribution in [0.3, 0.4) is 0 Å². The summed E-state index contributed by atoms with van der Waals surface area (Å²) in [5.41, 5.74) is 5.05. The molecule has 0 spiro atoms. The van der Waals surface area contributed by atoms with Gasteiger partial charge in [-0.2, -0.15) is 0 Å². The second-order valence-electron chi connectivity index (χ2n) is 3.10. The third-order valence-corrected chi connectivity index (χ3v) is 3.49. The molecule has 6 heteroatoms. The van der Waals surface area contributed by atoms with Crippen molar-refractivity contribution in [3.63, 3.8) is 0 Å². The SMILES string of the molecule is NC/C=C(\F)CS(=O)(=O)c1ccc(F)cc1. The van der Waals surface area contributed by atoms with E-state index in [-0.39, 0.29) is 11.4 Å². The molecule has 1 aromatic carbocycles. The van der Waals surface area contributed by atoms with Crippen LogP contribution in [0.1, 0.15) is 0 Å². The highest BCUT2D eigenvalue weighted by Crippen LogP contribution is 2.15. The van der Waals surface area contributed by atoms with Crippen LogP contribution in [-0.4, -0.2) is 20.7 Å². The Kier molecular flexibility index (Phi) is 4.14. The molecular weight excluding hydrogens is 236 g/mol. The molecule has 0 aliphatic carbocycles. The largest absolute Gasteiger partial charge is 0.327 e. The van der Waals surface area contributed by atoms with Crippen molar-refractivity contribution in [3.05, 3.63) is 42.0 Å². The molecule has 0 saturated heterocycles. The van der Waals surface area contributed by atoms with E-state index in [4.69, 9.17) is 5.73 Å². The minimum absolute atomic E-state index is 0.0647. The van der Waals surface area contributed by atoms with Gasteiger partial charge in [-0.3, -0.25) is 0 Å². The molecule has 0 atom stereocenters. The molecule has 0 aliphatic rings. The van der Waals surface area contributed by atoms with Gasteiger partial charge in [0, 0.05) is 6.54 Å². The van der Waals surface area contributed by atoms with Crippen molar-refractivity contribution in [2.45, 2.75) is 4.90 Å². The normalized spacial score (nSPS) is 12.8. The standard InChI is InChI=1S/C10H11F2NO2S/c11-8-1-3-10(4-2-8)16(14,15)7-9(12)5-6-13/h1-5H,6-7,13H2/b9-5-. The zero-order chi connectivity index (χ0) is 12.2. The van der Waals surface area contributed by atoms with Crippen LogP contribution in [-0.2, 0) is 9.84 Å². The summed E-state index contributed by atoms with van der Waals surface area (Å²) in [4.78, 5) is -0.116. The van der Waals surface area contributed by atoms with Crippen molar-refractivity contribution in [3.8, 4) is 0 Å². The third-order valence-electron chi connectivity index (χ3n) is 1.84. The highest BCUT2D eigenvalue weighted by Gasteiger charge is 2.16. The van der Waals surface area contributed by atoms with Crippen LogP contribution in [0.2, 0.25) is 0 Å². The maximum absolute atomic E-state index is 13.0. The van der Waals surface area contributed by atoms with E-state index >= 15 is 0 Å². The summed E-state index contributed by atoms with van der Waals surface area (Å²) < 4.78 is 48.7. The van der Waals surface area contributed by atoms with Crippen LogP contribution in [0.4, 0.5) is 8.78 Å². The number of nitrogens with two attached hydrogens (primary N) is 1. The van der Waals surface area contributed by atoms with E-state index in [1.165, 1.54) is 0 Å². The first-order valence-electron chi connectivity index (χ1n) is 4.48. The Hall–Kier alpha value is -1.27. The first kappa shape index (κ1) is 12.8. The number of benzene rings is 1. The van der Waals surface area contributed by atoms with E-state index in [9.17, 15) is 17.2 Å². The van der Waals surface area contributed by atoms with E-state index < -0.39 is 27.2 Å². The minimum atomic E-state index is -3.76. The zero-order valence-corrected chi connectivity index (χ0v) is 9.18. The Labute approximate surface area is 92.5 Å². The molecule has 0 fully saturated rings. The summed E-state index contributed by atoms with van der Waals surface area (Å²) in [5, 5.41) is 0. The molecule has 0 unspecified atom stereocenters. The monoisotopic (exact) mass is 247 g/mol. The molecule has 2 N–H and O–H groups in total. The van der Waals surface area contributed by atoms with E-state index in [1.807, 2.05) is 0 Å². The van der Waals surface area contributed by atoms with E-state index in [1.54, 1.807) is 0 Å². The summed E-state index contributed by atoms with van der Waals surface area (Å²) in [6, 6.07) is 4.22. The first-order valence-corrected chi connectivity index (χ1v) is 6.14. The van der Waals surface area contributed by atoms with Crippen molar-refractivity contribution in [1.82, 2.24) is 0 Å². The topological polar surface area (TPSA) is 60.2 Å². The molecule has 3 nitrogen and oxygen atoms in total. The molecule has 0 saturated carbocycles. The summed E-state index contributed by atoms with van der Waals surface area (Å²) in [6.45, 7) is -0.0647. The van der Waals surface area contributed by atoms with Crippen LogP contribution < -0.4 is 5.73 Å². The highest BCUT2D eigenvalue weighted by molar-refractivity contribution is 7.91. The summed E-state index contributed by atoms with van der Waals surface area (Å²) in [5.74, 6) is -2.11.